The van der Waals surface area contributed by atoms with Crippen LogP contribution in [0.25, 0.3) is 0 Å². The molecule has 6 rings (SSSR count). The van der Waals surface area contributed by atoms with Crippen LogP contribution in [0.15, 0.2) is 150 Å². The van der Waals surface area contributed by atoms with Crippen LogP contribution in [0, 0.1) is 6.92 Å². The normalized spacial score (nSPS) is 21.3. The van der Waals surface area contributed by atoms with Crippen LogP contribution in [0.2, 0.25) is 0 Å². The molecule has 1 saturated heterocycles. The molecule has 6 atom stereocenters. The van der Waals surface area contributed by atoms with Crippen molar-refractivity contribution < 1.29 is 23.7 Å². The molecule has 1 aliphatic rings. The van der Waals surface area contributed by atoms with Gasteiger partial charge in [-0.15, -0.1) is 11.8 Å². The minimum Gasteiger partial charge on any atom is -0.377 e. The Morgan fingerprint density at radius 3 is 1.65 bits per heavy atom. The molecule has 0 N–H and O–H groups in total. The first kappa shape index (κ1) is 35.1. The van der Waals surface area contributed by atoms with Gasteiger partial charge in [-0.25, -0.2) is 0 Å². The molecule has 1 aliphatic heterocycles. The minimum atomic E-state index is -0.392. The van der Waals surface area contributed by atoms with Gasteiger partial charge in [0.15, 0.2) is 0 Å². The van der Waals surface area contributed by atoms with Crippen molar-refractivity contribution in [2.24, 2.45) is 0 Å². The Balaban J connectivity index is 1.35. The maximum atomic E-state index is 7.14. The summed E-state index contributed by atoms with van der Waals surface area (Å²) in [5.41, 5.74) is 5.67. The number of methoxy groups -OCH3 is 1. The van der Waals surface area contributed by atoms with E-state index in [4.69, 9.17) is 23.7 Å². The predicted octanol–water partition coefficient (Wildman–Crippen LogP) is 9.39. The molecule has 0 spiro atoms. The average molecular weight is 675 g/mol. The molecule has 5 aromatic rings. The van der Waals surface area contributed by atoms with Crippen LogP contribution in [0.1, 0.15) is 40.3 Å². The van der Waals surface area contributed by atoms with Crippen molar-refractivity contribution in [2.45, 2.75) is 73.8 Å². The SMILES string of the molecule is CO[C@H](C[C@@H]1O[C@H](COCc2ccccc2)[C@@H](OCc2ccccc2)[C@H](OCc2ccccc2)[C@H]1Sc1ccc(C)cc1)c1ccccc1. The number of thioether (sulfide) groups is 1. The Morgan fingerprint density at radius 2 is 1.10 bits per heavy atom. The predicted molar refractivity (Wildman–Crippen MR) is 196 cm³/mol. The molecular formula is C43H46O5S. The second kappa shape index (κ2) is 18.3. The Morgan fingerprint density at radius 1 is 0.592 bits per heavy atom. The van der Waals surface area contributed by atoms with Crippen molar-refractivity contribution in [1.82, 2.24) is 0 Å². The second-order valence-electron chi connectivity index (χ2n) is 12.5. The summed E-state index contributed by atoms with van der Waals surface area (Å²) in [7, 11) is 1.78. The third kappa shape index (κ3) is 10.1. The molecule has 0 amide bonds. The van der Waals surface area contributed by atoms with E-state index in [-0.39, 0.29) is 29.7 Å². The molecule has 5 aromatic carbocycles. The van der Waals surface area contributed by atoms with E-state index in [1.165, 1.54) is 5.56 Å². The van der Waals surface area contributed by atoms with Gasteiger partial charge in [0.1, 0.15) is 18.3 Å². The lowest BCUT2D eigenvalue weighted by molar-refractivity contribution is -0.221. The molecule has 6 heteroatoms. The molecule has 49 heavy (non-hydrogen) atoms. The molecule has 0 bridgehead atoms. The molecular weight excluding hydrogens is 629 g/mol. The number of aryl methyl sites for hydroxylation is 1. The molecule has 0 radical (unpaired) electrons. The van der Waals surface area contributed by atoms with Gasteiger partial charge in [-0.05, 0) is 41.3 Å². The highest BCUT2D eigenvalue weighted by Gasteiger charge is 2.48. The van der Waals surface area contributed by atoms with E-state index in [1.807, 2.05) is 48.5 Å². The average Bonchev–Trinajstić information content (AvgIpc) is 3.15. The van der Waals surface area contributed by atoms with Gasteiger partial charge in [-0.2, -0.15) is 0 Å². The van der Waals surface area contributed by atoms with Crippen LogP contribution in [0.5, 0.6) is 0 Å². The standard InChI is InChI=1S/C43H46O5S/c1-32-23-25-37(26-24-32)49-43-39(27-38(44-2)36-21-13-6-14-22-36)48-40(31-45-28-33-15-7-3-8-16-33)41(46-29-34-17-9-4-10-18-34)42(43)47-30-35-19-11-5-12-20-35/h3-26,38-43H,27-31H2,1-2H3/t38-,39+,40-,41-,42+,43+/m1/s1. The van der Waals surface area contributed by atoms with E-state index >= 15 is 0 Å². The zero-order valence-electron chi connectivity index (χ0n) is 28.3. The molecule has 1 heterocycles. The Bertz CT molecular complexity index is 1640. The van der Waals surface area contributed by atoms with Crippen molar-refractivity contribution in [3.63, 3.8) is 0 Å². The van der Waals surface area contributed by atoms with Crippen LogP contribution >= 0.6 is 11.8 Å². The molecule has 0 saturated carbocycles. The minimum absolute atomic E-state index is 0.0982. The molecule has 0 aromatic heterocycles. The van der Waals surface area contributed by atoms with Crippen molar-refractivity contribution in [2.75, 3.05) is 13.7 Å². The maximum absolute atomic E-state index is 7.14. The fourth-order valence-electron chi connectivity index (χ4n) is 6.27. The van der Waals surface area contributed by atoms with Crippen molar-refractivity contribution >= 4 is 11.8 Å². The first-order chi connectivity index (χ1) is 24.2. The number of rotatable bonds is 16. The van der Waals surface area contributed by atoms with E-state index in [0.717, 1.165) is 27.1 Å². The summed E-state index contributed by atoms with van der Waals surface area (Å²) in [6.07, 6.45) is -0.810. The van der Waals surface area contributed by atoms with Gasteiger partial charge in [0.25, 0.3) is 0 Å². The molecule has 0 aliphatic carbocycles. The van der Waals surface area contributed by atoms with Crippen LogP contribution in [-0.2, 0) is 43.5 Å². The number of hydrogen-bond donors (Lipinski definition) is 0. The van der Waals surface area contributed by atoms with Gasteiger partial charge in [-0.3, -0.25) is 0 Å². The Labute approximate surface area is 295 Å². The smallest absolute Gasteiger partial charge is 0.114 e. The monoisotopic (exact) mass is 674 g/mol. The fraction of sp³-hybridized carbons (Fsp3) is 0.302. The fourth-order valence-corrected chi connectivity index (χ4v) is 7.57. The van der Waals surface area contributed by atoms with Gasteiger partial charge in [0.05, 0.1) is 43.9 Å². The summed E-state index contributed by atoms with van der Waals surface area (Å²) >= 11 is 1.79. The van der Waals surface area contributed by atoms with Crippen molar-refractivity contribution in [3.05, 3.63) is 173 Å². The van der Waals surface area contributed by atoms with Crippen LogP contribution in [-0.4, -0.2) is 43.4 Å². The second-order valence-corrected chi connectivity index (χ2v) is 13.8. The lowest BCUT2D eigenvalue weighted by atomic mass is 9.92. The van der Waals surface area contributed by atoms with E-state index < -0.39 is 6.10 Å². The highest BCUT2D eigenvalue weighted by atomic mass is 32.2. The van der Waals surface area contributed by atoms with Crippen LogP contribution in [0.4, 0.5) is 0 Å². The lowest BCUT2D eigenvalue weighted by Gasteiger charge is -2.47. The summed E-state index contributed by atoms with van der Waals surface area (Å²) in [5, 5.41) is -0.0982. The first-order valence-corrected chi connectivity index (χ1v) is 17.9. The van der Waals surface area contributed by atoms with Gasteiger partial charge < -0.3 is 23.7 Å². The summed E-state index contributed by atoms with van der Waals surface area (Å²) in [5.74, 6) is 0. The molecule has 5 nitrogen and oxygen atoms in total. The first-order valence-electron chi connectivity index (χ1n) is 17.1. The van der Waals surface area contributed by atoms with Crippen molar-refractivity contribution in [3.8, 4) is 0 Å². The zero-order chi connectivity index (χ0) is 33.7. The highest BCUT2D eigenvalue weighted by Crippen LogP contribution is 2.41. The largest absolute Gasteiger partial charge is 0.377 e. The van der Waals surface area contributed by atoms with E-state index in [1.54, 1.807) is 18.9 Å². The Hall–Kier alpha value is -3.75. The van der Waals surface area contributed by atoms with Crippen LogP contribution < -0.4 is 0 Å². The number of benzene rings is 5. The lowest BCUT2D eigenvalue weighted by Crippen LogP contribution is -2.59. The summed E-state index contributed by atoms with van der Waals surface area (Å²) in [6.45, 7) is 3.85. The third-order valence-corrected chi connectivity index (χ3v) is 10.3. The summed E-state index contributed by atoms with van der Waals surface area (Å²) in [4.78, 5) is 1.16. The highest BCUT2D eigenvalue weighted by molar-refractivity contribution is 8.00. The van der Waals surface area contributed by atoms with Gasteiger partial charge in [-0.1, -0.05) is 139 Å². The Kier molecular flexibility index (Phi) is 13.1. The molecule has 1 fully saturated rings. The molecule has 254 valence electrons. The summed E-state index contributed by atoms with van der Waals surface area (Å²) in [6, 6.07) is 50.0. The van der Waals surface area contributed by atoms with E-state index in [9.17, 15) is 0 Å². The maximum Gasteiger partial charge on any atom is 0.114 e. The third-order valence-electron chi connectivity index (χ3n) is 8.89. The van der Waals surface area contributed by atoms with Gasteiger partial charge >= 0.3 is 0 Å². The van der Waals surface area contributed by atoms with E-state index in [2.05, 4.69) is 104 Å². The topological polar surface area (TPSA) is 46.2 Å². The van der Waals surface area contributed by atoms with Gasteiger partial charge in [0, 0.05) is 18.4 Å². The van der Waals surface area contributed by atoms with Gasteiger partial charge in [0.2, 0.25) is 0 Å². The number of ether oxygens (including phenoxy) is 5. The van der Waals surface area contributed by atoms with Crippen molar-refractivity contribution in [1.29, 1.82) is 0 Å². The quantitative estimate of drug-likeness (QED) is 0.104. The summed E-state index contributed by atoms with van der Waals surface area (Å²) < 4.78 is 33.5. The van der Waals surface area contributed by atoms with E-state index in [0.29, 0.717) is 32.8 Å². The number of hydrogen-bond acceptors (Lipinski definition) is 6. The zero-order valence-corrected chi connectivity index (χ0v) is 29.1. The molecule has 0 unspecified atom stereocenters. The van der Waals surface area contributed by atoms with Crippen LogP contribution in [0.3, 0.4) is 0 Å².